The Hall–Kier alpha value is -1.50. The highest BCUT2D eigenvalue weighted by Gasteiger charge is 2.58. The average molecular weight is 883 g/mol. The van der Waals surface area contributed by atoms with E-state index in [1.54, 1.807) is 0 Å². The molecule has 0 aromatic carbocycles. The number of carbonyl (C=O) groups is 2. The quantitative estimate of drug-likeness (QED) is 0.0305. The minimum Gasteiger partial charge on any atom is -0.481 e. The molecular weight excluding hydrogens is 792 g/mol. The van der Waals surface area contributed by atoms with Crippen LogP contribution in [0, 0.1) is 0 Å². The highest BCUT2D eigenvalue weighted by atomic mass is 16.8. The third-order valence-electron chi connectivity index (χ3n) is 11.6. The molecule has 15 heteroatoms. The summed E-state index contributed by atoms with van der Waals surface area (Å²) in [6.07, 6.45) is 24.8. The summed E-state index contributed by atoms with van der Waals surface area (Å²) < 4.78 is 15.4. The monoisotopic (exact) mass is 883 g/mol. The zero-order valence-electron chi connectivity index (χ0n) is 38.0. The SMILES string of the molecule is CCCCCCCCCCCCCCCC(=O)O.CCCCCCCCCCCCCCCCCC(=O)O.OC[C@H]1O[C@@](CO)(O[C@H]2O[C@H](CO)[C@@H](O)[C@H](O)[C@H]2O)[C@@H](O)[C@@H]1O. The summed E-state index contributed by atoms with van der Waals surface area (Å²) in [7, 11) is 0. The van der Waals surface area contributed by atoms with Gasteiger partial charge in [0.15, 0.2) is 6.29 Å². The van der Waals surface area contributed by atoms with Gasteiger partial charge in [0.1, 0.15) is 49.3 Å². The maximum atomic E-state index is 10.3. The molecule has 0 aromatic rings. The fourth-order valence-corrected chi connectivity index (χ4v) is 7.57. The molecule has 15 nitrogen and oxygen atoms in total. The number of hydrogen-bond acceptors (Lipinski definition) is 13. The number of rotatable bonds is 35. The van der Waals surface area contributed by atoms with Crippen LogP contribution in [0.2, 0.25) is 0 Å². The average Bonchev–Trinajstić information content (AvgIpc) is 3.49. The lowest BCUT2D eigenvalue weighted by atomic mass is 9.99. The van der Waals surface area contributed by atoms with Gasteiger partial charge in [-0.1, -0.05) is 181 Å². The van der Waals surface area contributed by atoms with E-state index in [9.17, 15) is 40.2 Å². The number of ether oxygens (including phenoxy) is 3. The molecule has 61 heavy (non-hydrogen) atoms. The van der Waals surface area contributed by atoms with Crippen molar-refractivity contribution < 1.29 is 74.9 Å². The van der Waals surface area contributed by atoms with Crippen molar-refractivity contribution in [3.63, 3.8) is 0 Å². The molecule has 2 saturated heterocycles. The van der Waals surface area contributed by atoms with E-state index in [2.05, 4.69) is 13.8 Å². The second kappa shape index (κ2) is 38.9. The summed E-state index contributed by atoms with van der Waals surface area (Å²) in [4.78, 5) is 20.6. The van der Waals surface area contributed by atoms with Gasteiger partial charge in [0.05, 0.1) is 13.2 Å². The predicted octanol–water partition coefficient (Wildman–Crippen LogP) is 6.49. The standard InChI is InChI=1S/C18H36O2.C16H32O2.C12H22O11/c1-2-3-4-5-6-7-8-9-10-11-12-13-14-15-16-17-18(19)20;1-2-3-4-5-6-7-8-9-10-11-12-13-14-15-16(17)18;13-1-4-6(16)8(18)9(19)11(21-4)23-12(3-15)10(20)7(17)5(2-14)22-12/h2-17H2,1H3,(H,19,20);2-15H2,1H3,(H,17,18);4-11,13-20H,1-3H2/t;;4-,5-,6-,7-,8+,9-,10+,11-,12+/m..1/s1. The number of aliphatic carboxylic acids is 2. The van der Waals surface area contributed by atoms with Crippen LogP contribution >= 0.6 is 0 Å². The van der Waals surface area contributed by atoms with Crippen molar-refractivity contribution in [2.45, 2.75) is 261 Å². The van der Waals surface area contributed by atoms with Gasteiger partial charge in [-0.05, 0) is 12.8 Å². The van der Waals surface area contributed by atoms with Crippen LogP contribution in [0.1, 0.15) is 206 Å². The van der Waals surface area contributed by atoms with Crippen LogP contribution in [0.25, 0.3) is 0 Å². The Kier molecular flexibility index (Phi) is 38.0. The maximum absolute atomic E-state index is 10.3. The second-order valence-electron chi connectivity index (χ2n) is 17.0. The summed E-state index contributed by atoms with van der Waals surface area (Å²) in [5.74, 6) is -3.53. The molecule has 0 amide bonds. The normalized spacial score (nSPS) is 26.0. The van der Waals surface area contributed by atoms with Crippen molar-refractivity contribution in [3.05, 3.63) is 0 Å². The van der Waals surface area contributed by atoms with Gasteiger partial charge in [-0.3, -0.25) is 9.59 Å². The Bertz CT molecular complexity index is 1020. The molecular formula is C46H90O15. The number of unbranched alkanes of at least 4 members (excludes halogenated alkanes) is 26. The molecule has 2 aliphatic rings. The van der Waals surface area contributed by atoms with Crippen molar-refractivity contribution in [3.8, 4) is 0 Å². The van der Waals surface area contributed by atoms with Crippen LogP contribution in [0.4, 0.5) is 0 Å². The van der Waals surface area contributed by atoms with Gasteiger partial charge in [-0.25, -0.2) is 0 Å². The predicted molar refractivity (Wildman–Crippen MR) is 234 cm³/mol. The van der Waals surface area contributed by atoms with Gasteiger partial charge < -0.3 is 65.3 Å². The highest BCUT2D eigenvalue weighted by Crippen LogP contribution is 2.36. The summed E-state index contributed by atoms with van der Waals surface area (Å²) in [6, 6.07) is 0. The molecule has 0 aromatic heterocycles. The van der Waals surface area contributed by atoms with E-state index in [1.807, 2.05) is 0 Å². The van der Waals surface area contributed by atoms with Crippen molar-refractivity contribution in [2.24, 2.45) is 0 Å². The third kappa shape index (κ3) is 28.1. The first-order chi connectivity index (χ1) is 29.3. The van der Waals surface area contributed by atoms with Crippen molar-refractivity contribution in [1.82, 2.24) is 0 Å². The smallest absolute Gasteiger partial charge is 0.303 e. The van der Waals surface area contributed by atoms with Crippen LogP contribution in [0.3, 0.4) is 0 Å². The fraction of sp³-hybridized carbons (Fsp3) is 0.957. The Labute approximate surface area is 367 Å². The topological polar surface area (TPSA) is 264 Å². The molecule has 0 saturated carbocycles. The Balaban J connectivity index is 0.000000894. The Morgan fingerprint density at radius 1 is 0.459 bits per heavy atom. The summed E-state index contributed by atoms with van der Waals surface area (Å²) >= 11 is 0. The Morgan fingerprint density at radius 3 is 1.07 bits per heavy atom. The molecule has 0 radical (unpaired) electrons. The van der Waals surface area contributed by atoms with Gasteiger partial charge in [0.25, 0.3) is 0 Å². The van der Waals surface area contributed by atoms with E-state index in [4.69, 9.17) is 34.6 Å². The molecule has 0 aliphatic carbocycles. The summed E-state index contributed by atoms with van der Waals surface area (Å²) in [5.41, 5.74) is 0. The minimum absolute atomic E-state index is 0.345. The van der Waals surface area contributed by atoms with Crippen molar-refractivity contribution in [2.75, 3.05) is 19.8 Å². The Morgan fingerprint density at radius 2 is 0.787 bits per heavy atom. The molecule has 2 heterocycles. The molecule has 2 rings (SSSR count). The van der Waals surface area contributed by atoms with Gasteiger partial charge in [-0.2, -0.15) is 0 Å². The first-order valence-corrected chi connectivity index (χ1v) is 24.0. The molecule has 0 spiro atoms. The maximum Gasteiger partial charge on any atom is 0.303 e. The van der Waals surface area contributed by atoms with E-state index in [-0.39, 0.29) is 0 Å². The summed E-state index contributed by atoms with van der Waals surface area (Å²) in [5, 5.41) is 93.7. The van der Waals surface area contributed by atoms with Crippen molar-refractivity contribution in [1.29, 1.82) is 0 Å². The number of carboxylic acid groups (broad SMARTS) is 2. The third-order valence-corrected chi connectivity index (χ3v) is 11.6. The van der Waals surface area contributed by atoms with Gasteiger partial charge in [0, 0.05) is 12.8 Å². The molecule has 0 unspecified atom stereocenters. The van der Waals surface area contributed by atoms with Crippen LogP contribution in [-0.4, -0.2) is 138 Å². The van der Waals surface area contributed by atoms with E-state index in [0.717, 1.165) is 25.7 Å². The van der Waals surface area contributed by atoms with E-state index >= 15 is 0 Å². The fourth-order valence-electron chi connectivity index (χ4n) is 7.57. The van der Waals surface area contributed by atoms with Crippen LogP contribution in [-0.2, 0) is 23.8 Å². The van der Waals surface area contributed by atoms with Gasteiger partial charge in [0.2, 0.25) is 5.79 Å². The lowest BCUT2D eigenvalue weighted by Crippen LogP contribution is -2.62. The molecule has 2 fully saturated rings. The van der Waals surface area contributed by atoms with Gasteiger partial charge in [-0.15, -0.1) is 0 Å². The van der Waals surface area contributed by atoms with E-state index in [1.165, 1.54) is 154 Å². The number of hydrogen-bond donors (Lipinski definition) is 10. The van der Waals surface area contributed by atoms with Crippen LogP contribution in [0.5, 0.6) is 0 Å². The van der Waals surface area contributed by atoms with E-state index in [0.29, 0.717) is 12.8 Å². The highest BCUT2D eigenvalue weighted by molar-refractivity contribution is 5.66. The molecule has 0 bridgehead atoms. The molecule has 10 N–H and O–H groups in total. The van der Waals surface area contributed by atoms with Crippen LogP contribution < -0.4 is 0 Å². The number of aliphatic hydroxyl groups excluding tert-OH is 8. The zero-order chi connectivity index (χ0) is 45.7. The zero-order valence-corrected chi connectivity index (χ0v) is 38.0. The minimum atomic E-state index is -2.22. The second-order valence-corrected chi connectivity index (χ2v) is 17.0. The number of carboxylic acids is 2. The number of aliphatic hydroxyl groups is 8. The van der Waals surface area contributed by atoms with Crippen molar-refractivity contribution >= 4 is 11.9 Å². The van der Waals surface area contributed by atoms with Gasteiger partial charge >= 0.3 is 11.9 Å². The molecule has 9 atom stereocenters. The largest absolute Gasteiger partial charge is 0.481 e. The molecule has 2 aliphatic heterocycles. The first-order valence-electron chi connectivity index (χ1n) is 24.0. The lowest BCUT2D eigenvalue weighted by molar-refractivity contribution is -0.383. The lowest BCUT2D eigenvalue weighted by Gasteiger charge is -2.43. The molecule has 364 valence electrons. The van der Waals surface area contributed by atoms with Crippen LogP contribution in [0.15, 0.2) is 0 Å². The first kappa shape index (κ1) is 59.5. The summed E-state index contributed by atoms with van der Waals surface area (Å²) in [6.45, 7) is 2.21. The van der Waals surface area contributed by atoms with E-state index < -0.39 is 86.6 Å².